The van der Waals surface area contributed by atoms with Crippen LogP contribution in [0.5, 0.6) is 11.5 Å². The molecule has 21 heavy (non-hydrogen) atoms. The number of amides is 1. The fraction of sp³-hybridized carbons (Fsp3) is 0.533. The summed E-state index contributed by atoms with van der Waals surface area (Å²) in [6, 6.07) is 7.17. The van der Waals surface area contributed by atoms with E-state index in [2.05, 4.69) is 0 Å². The molecular weight excluding hydrogens is 274 g/mol. The maximum atomic E-state index is 11.8. The first-order chi connectivity index (χ1) is 10.1. The van der Waals surface area contributed by atoms with Crippen molar-refractivity contribution in [3.05, 3.63) is 24.3 Å². The molecule has 0 aromatic heterocycles. The Bertz CT molecular complexity index is 421. The van der Waals surface area contributed by atoms with Gasteiger partial charge in [-0.2, -0.15) is 0 Å². The molecule has 1 rings (SSSR count). The van der Waals surface area contributed by atoms with Crippen LogP contribution in [0.3, 0.4) is 0 Å². The number of methoxy groups -OCH3 is 2. The van der Waals surface area contributed by atoms with E-state index in [1.165, 1.54) is 12.0 Å². The van der Waals surface area contributed by atoms with E-state index in [9.17, 15) is 9.90 Å². The van der Waals surface area contributed by atoms with Crippen molar-refractivity contribution in [1.29, 1.82) is 0 Å². The second-order valence-corrected chi connectivity index (χ2v) is 4.66. The number of benzene rings is 1. The van der Waals surface area contributed by atoms with Crippen LogP contribution < -0.4 is 9.47 Å². The first-order valence-corrected chi connectivity index (χ1v) is 6.74. The lowest BCUT2D eigenvalue weighted by Crippen LogP contribution is -2.36. The molecular formula is C15H23NO5. The van der Waals surface area contributed by atoms with Crippen molar-refractivity contribution in [3.8, 4) is 11.5 Å². The molecule has 1 amide bonds. The molecule has 0 aliphatic rings. The minimum absolute atomic E-state index is 0.0846. The van der Waals surface area contributed by atoms with Crippen LogP contribution in [-0.4, -0.2) is 63.0 Å². The van der Waals surface area contributed by atoms with E-state index in [1.807, 2.05) is 0 Å². The smallest absolute Gasteiger partial charge is 0.225 e. The maximum Gasteiger partial charge on any atom is 0.225 e. The number of aliphatic hydroxyl groups is 1. The molecule has 0 aliphatic carbocycles. The highest BCUT2D eigenvalue weighted by molar-refractivity contribution is 5.76. The van der Waals surface area contributed by atoms with Crippen molar-refractivity contribution >= 4 is 5.91 Å². The molecule has 1 atom stereocenters. The van der Waals surface area contributed by atoms with Crippen molar-refractivity contribution in [2.45, 2.75) is 12.5 Å². The lowest BCUT2D eigenvalue weighted by molar-refractivity contribution is -0.132. The van der Waals surface area contributed by atoms with Crippen LogP contribution in [0, 0.1) is 0 Å². The summed E-state index contributed by atoms with van der Waals surface area (Å²) in [6.45, 7) is 0.741. The minimum atomic E-state index is -0.675. The van der Waals surface area contributed by atoms with Gasteiger partial charge in [0.05, 0.1) is 32.8 Å². The molecule has 0 saturated carbocycles. The monoisotopic (exact) mass is 297 g/mol. The number of carbonyl (C=O) groups excluding carboxylic acids is 1. The van der Waals surface area contributed by atoms with Gasteiger partial charge in [0.1, 0.15) is 11.5 Å². The molecule has 0 aliphatic heterocycles. The van der Waals surface area contributed by atoms with E-state index in [4.69, 9.17) is 14.2 Å². The van der Waals surface area contributed by atoms with Gasteiger partial charge in [0.15, 0.2) is 0 Å². The molecule has 1 N–H and O–H groups in total. The maximum absolute atomic E-state index is 11.8. The number of rotatable bonds is 9. The lowest BCUT2D eigenvalue weighted by Gasteiger charge is -2.20. The average molecular weight is 297 g/mol. The van der Waals surface area contributed by atoms with Gasteiger partial charge in [-0.3, -0.25) is 4.79 Å². The van der Waals surface area contributed by atoms with Crippen LogP contribution in [0.25, 0.3) is 0 Å². The van der Waals surface area contributed by atoms with Gasteiger partial charge in [-0.1, -0.05) is 0 Å². The Morgan fingerprint density at radius 3 is 2.43 bits per heavy atom. The average Bonchev–Trinajstić information content (AvgIpc) is 2.48. The third-order valence-corrected chi connectivity index (χ3v) is 2.91. The van der Waals surface area contributed by atoms with Crippen molar-refractivity contribution in [1.82, 2.24) is 4.90 Å². The minimum Gasteiger partial charge on any atom is -0.497 e. The molecule has 6 nitrogen and oxygen atoms in total. The topological polar surface area (TPSA) is 68.2 Å². The summed E-state index contributed by atoms with van der Waals surface area (Å²) in [5.74, 6) is 1.36. The normalized spacial score (nSPS) is 11.8. The summed E-state index contributed by atoms with van der Waals surface area (Å²) in [4.78, 5) is 13.3. The highest BCUT2D eigenvalue weighted by Crippen LogP contribution is 2.17. The van der Waals surface area contributed by atoms with Gasteiger partial charge in [-0.05, 0) is 24.3 Å². The quantitative estimate of drug-likeness (QED) is 0.734. The Balaban J connectivity index is 2.28. The summed E-state index contributed by atoms with van der Waals surface area (Å²) in [7, 11) is 4.75. The number of hydrogen-bond donors (Lipinski definition) is 1. The van der Waals surface area contributed by atoms with E-state index < -0.39 is 6.10 Å². The van der Waals surface area contributed by atoms with Gasteiger partial charge in [0.2, 0.25) is 5.91 Å². The summed E-state index contributed by atoms with van der Waals surface area (Å²) in [5, 5.41) is 9.56. The van der Waals surface area contributed by atoms with Crippen LogP contribution in [0.15, 0.2) is 24.3 Å². The number of aliphatic hydroxyl groups excluding tert-OH is 1. The first-order valence-electron chi connectivity index (χ1n) is 6.74. The van der Waals surface area contributed by atoms with Crippen molar-refractivity contribution in [2.24, 2.45) is 0 Å². The predicted octanol–water partition coefficient (Wildman–Crippen LogP) is 0.930. The van der Waals surface area contributed by atoms with Gasteiger partial charge in [0.25, 0.3) is 0 Å². The zero-order chi connectivity index (χ0) is 15.7. The first kappa shape index (κ1) is 17.3. The molecule has 118 valence electrons. The van der Waals surface area contributed by atoms with Crippen LogP contribution >= 0.6 is 0 Å². The van der Waals surface area contributed by atoms with Crippen molar-refractivity contribution in [2.75, 3.05) is 41.0 Å². The van der Waals surface area contributed by atoms with Gasteiger partial charge >= 0.3 is 0 Å². The third kappa shape index (κ3) is 6.46. The van der Waals surface area contributed by atoms with Gasteiger partial charge < -0.3 is 24.2 Å². The molecule has 1 unspecified atom stereocenters. The zero-order valence-corrected chi connectivity index (χ0v) is 12.7. The van der Waals surface area contributed by atoms with Crippen LogP contribution in [-0.2, 0) is 9.53 Å². The van der Waals surface area contributed by atoms with E-state index in [0.717, 1.165) is 5.75 Å². The van der Waals surface area contributed by atoms with Gasteiger partial charge in [-0.25, -0.2) is 0 Å². The van der Waals surface area contributed by atoms with E-state index in [-0.39, 0.29) is 32.1 Å². The molecule has 0 heterocycles. The third-order valence-electron chi connectivity index (χ3n) is 2.91. The summed E-state index contributed by atoms with van der Waals surface area (Å²) in [5.41, 5.74) is 0. The van der Waals surface area contributed by atoms with Crippen LogP contribution in [0.4, 0.5) is 0 Å². The standard InChI is InChI=1S/C15H23NO5/c1-16(10-12(17)11-19-2)15(18)8-9-21-14-6-4-13(20-3)5-7-14/h4-7,12,17H,8-11H2,1-3H3. The zero-order valence-electron chi connectivity index (χ0n) is 12.7. The molecule has 1 aromatic carbocycles. The Morgan fingerprint density at radius 1 is 1.24 bits per heavy atom. The molecule has 6 heteroatoms. The summed E-state index contributed by atoms with van der Waals surface area (Å²) >= 11 is 0. The van der Waals surface area contributed by atoms with Gasteiger partial charge in [-0.15, -0.1) is 0 Å². The molecule has 0 spiro atoms. The predicted molar refractivity (Wildman–Crippen MR) is 78.6 cm³/mol. The lowest BCUT2D eigenvalue weighted by atomic mass is 10.3. The highest BCUT2D eigenvalue weighted by atomic mass is 16.5. The highest BCUT2D eigenvalue weighted by Gasteiger charge is 2.13. The molecule has 0 saturated heterocycles. The second-order valence-electron chi connectivity index (χ2n) is 4.66. The fourth-order valence-electron chi connectivity index (χ4n) is 1.78. The fourth-order valence-corrected chi connectivity index (χ4v) is 1.78. The molecule has 0 fully saturated rings. The Labute approximate surface area is 125 Å². The second kappa shape index (κ2) is 9.20. The van der Waals surface area contributed by atoms with Crippen molar-refractivity contribution < 1.29 is 24.1 Å². The van der Waals surface area contributed by atoms with E-state index >= 15 is 0 Å². The number of nitrogens with zero attached hydrogens (tertiary/aromatic N) is 1. The Morgan fingerprint density at radius 2 is 1.86 bits per heavy atom. The summed E-state index contributed by atoms with van der Waals surface area (Å²) < 4.78 is 15.4. The van der Waals surface area contributed by atoms with E-state index in [0.29, 0.717) is 5.75 Å². The van der Waals surface area contributed by atoms with E-state index in [1.54, 1.807) is 38.4 Å². The number of ether oxygens (including phenoxy) is 3. The Kier molecular flexibility index (Phi) is 7.56. The molecule has 0 radical (unpaired) electrons. The molecule has 0 bridgehead atoms. The number of hydrogen-bond acceptors (Lipinski definition) is 5. The number of carbonyl (C=O) groups is 1. The Hall–Kier alpha value is -1.79. The number of likely N-dealkylation sites (N-methyl/N-ethyl adjacent to an activating group) is 1. The van der Waals surface area contributed by atoms with Crippen LogP contribution in [0.2, 0.25) is 0 Å². The van der Waals surface area contributed by atoms with Crippen molar-refractivity contribution in [3.63, 3.8) is 0 Å². The summed E-state index contributed by atoms with van der Waals surface area (Å²) in [6.07, 6.45) is -0.422. The SMILES string of the molecule is COCC(O)CN(C)C(=O)CCOc1ccc(OC)cc1. The largest absolute Gasteiger partial charge is 0.497 e. The molecule has 1 aromatic rings. The van der Waals surface area contributed by atoms with Crippen LogP contribution in [0.1, 0.15) is 6.42 Å². The van der Waals surface area contributed by atoms with Gasteiger partial charge in [0, 0.05) is 20.7 Å².